The monoisotopic (exact) mass is 360 g/mol. The van der Waals surface area contributed by atoms with Crippen molar-refractivity contribution in [2.45, 2.75) is 77.3 Å². The summed E-state index contributed by atoms with van der Waals surface area (Å²) in [4.78, 5) is -1.35. The molecule has 0 rings (SSSR count). The van der Waals surface area contributed by atoms with Gasteiger partial charge in [0.2, 0.25) is 4.88 Å². The molecule has 0 N–H and O–H groups in total. The van der Waals surface area contributed by atoms with Gasteiger partial charge < -0.3 is 0 Å². The van der Waals surface area contributed by atoms with Crippen LogP contribution in [0.15, 0.2) is 0 Å². The minimum atomic E-state index is -1.35. The summed E-state index contributed by atoms with van der Waals surface area (Å²) < 4.78 is 0. The van der Waals surface area contributed by atoms with Gasteiger partial charge in [0.15, 0.2) is 0 Å². The lowest BCUT2D eigenvalue weighted by Crippen LogP contribution is -2.16. The molecule has 15 heavy (non-hydrogen) atoms. The number of unbranched alkanes of at least 4 members (excludes halogenated alkanes) is 6. The molecular formula is C12H26ClISi. The van der Waals surface area contributed by atoms with Crippen LogP contribution in [0.5, 0.6) is 0 Å². The lowest BCUT2D eigenvalue weighted by atomic mass is 10.1. The van der Waals surface area contributed by atoms with E-state index in [1.165, 1.54) is 63.5 Å². The Hall–Kier alpha value is 1.24. The molecule has 0 aromatic heterocycles. The summed E-state index contributed by atoms with van der Waals surface area (Å²) >= 11 is 9.15. The lowest BCUT2D eigenvalue weighted by Gasteiger charge is -2.16. The van der Waals surface area contributed by atoms with E-state index in [9.17, 15) is 0 Å². The standard InChI is InChI=1S/C12H26ClISi/c1-3-5-7-8-9-10-12-15(13,14)11-6-4-2/h3-12H2,1-2H3. The molecule has 0 nitrogen and oxygen atoms in total. The van der Waals surface area contributed by atoms with Crippen LogP contribution < -0.4 is 0 Å². The largest absolute Gasteiger partial charge is 0.221 e. The van der Waals surface area contributed by atoms with Gasteiger partial charge in [-0.1, -0.05) is 87.0 Å². The SMILES string of the molecule is CCCCCCCC[Si](Cl)(I)CCCC. The zero-order valence-corrected chi connectivity index (χ0v) is 14.2. The maximum Gasteiger partial charge on any atom is 0.221 e. The number of halogens is 2. The molecule has 0 bridgehead atoms. The summed E-state index contributed by atoms with van der Waals surface area (Å²) in [6.45, 7) is 4.52. The van der Waals surface area contributed by atoms with Crippen LogP contribution in [0.25, 0.3) is 0 Å². The third-order valence-electron chi connectivity index (χ3n) is 2.79. The quantitative estimate of drug-likeness (QED) is 0.186. The summed E-state index contributed by atoms with van der Waals surface area (Å²) in [5, 5.41) is 0. The predicted octanol–water partition coefficient (Wildman–Crippen LogP) is 6.26. The minimum absolute atomic E-state index is 1.29. The molecule has 0 fully saturated rings. The van der Waals surface area contributed by atoms with Gasteiger partial charge in [-0.25, -0.2) is 0 Å². The van der Waals surface area contributed by atoms with Gasteiger partial charge in [0.25, 0.3) is 0 Å². The van der Waals surface area contributed by atoms with E-state index >= 15 is 0 Å². The number of rotatable bonds is 10. The van der Waals surface area contributed by atoms with Crippen molar-refractivity contribution in [1.29, 1.82) is 0 Å². The summed E-state index contributed by atoms with van der Waals surface area (Å²) in [6, 6.07) is 2.63. The van der Waals surface area contributed by atoms with Crippen molar-refractivity contribution < 1.29 is 0 Å². The van der Waals surface area contributed by atoms with Crippen LogP contribution in [0.3, 0.4) is 0 Å². The molecule has 0 saturated heterocycles. The third kappa shape index (κ3) is 11.5. The fourth-order valence-corrected chi connectivity index (χ4v) is 6.70. The molecule has 3 heteroatoms. The van der Waals surface area contributed by atoms with Crippen molar-refractivity contribution in [2.24, 2.45) is 0 Å². The smallest absolute Gasteiger partial charge is 0.153 e. The first-order chi connectivity index (χ1) is 7.12. The van der Waals surface area contributed by atoms with Crippen LogP contribution in [0.2, 0.25) is 12.1 Å². The Morgan fingerprint density at radius 3 is 1.87 bits per heavy atom. The highest BCUT2D eigenvalue weighted by molar-refractivity contribution is 14.1. The summed E-state index contributed by atoms with van der Waals surface area (Å²) in [5.41, 5.74) is 0. The summed E-state index contributed by atoms with van der Waals surface area (Å²) in [6.07, 6.45) is 11.0. The third-order valence-corrected chi connectivity index (χ3v) is 9.33. The van der Waals surface area contributed by atoms with Gasteiger partial charge in [-0.3, -0.25) is 0 Å². The van der Waals surface area contributed by atoms with Crippen molar-refractivity contribution >= 4 is 37.8 Å². The van der Waals surface area contributed by atoms with E-state index < -0.39 is 4.88 Å². The van der Waals surface area contributed by atoms with Gasteiger partial charge in [-0.2, -0.15) is 11.1 Å². The van der Waals surface area contributed by atoms with Crippen molar-refractivity contribution in [3.63, 3.8) is 0 Å². The van der Waals surface area contributed by atoms with E-state index in [4.69, 9.17) is 11.1 Å². The van der Waals surface area contributed by atoms with Gasteiger partial charge in [0.05, 0.1) is 0 Å². The van der Waals surface area contributed by atoms with Crippen LogP contribution in [0, 0.1) is 0 Å². The lowest BCUT2D eigenvalue weighted by molar-refractivity contribution is 0.623. The second-order valence-electron chi connectivity index (χ2n) is 4.48. The molecule has 0 aliphatic rings. The van der Waals surface area contributed by atoms with E-state index in [1.54, 1.807) is 0 Å². The Labute approximate surface area is 114 Å². The normalized spacial score (nSPS) is 15.2. The average Bonchev–Trinajstić information content (AvgIpc) is 2.20. The first-order valence-electron chi connectivity index (χ1n) is 6.50. The van der Waals surface area contributed by atoms with E-state index in [0.29, 0.717) is 0 Å². The highest BCUT2D eigenvalue weighted by Crippen LogP contribution is 2.32. The van der Waals surface area contributed by atoms with Crippen molar-refractivity contribution in [1.82, 2.24) is 0 Å². The zero-order valence-electron chi connectivity index (χ0n) is 10.3. The van der Waals surface area contributed by atoms with E-state index in [0.717, 1.165) is 0 Å². The second-order valence-corrected chi connectivity index (χ2v) is 17.5. The highest BCUT2D eigenvalue weighted by atomic mass is 127. The molecule has 0 radical (unpaired) electrons. The fraction of sp³-hybridized carbons (Fsp3) is 1.00. The van der Waals surface area contributed by atoms with Gasteiger partial charge in [0, 0.05) is 0 Å². The van der Waals surface area contributed by atoms with Crippen molar-refractivity contribution in [3.8, 4) is 0 Å². The highest BCUT2D eigenvalue weighted by Gasteiger charge is 2.25. The van der Waals surface area contributed by atoms with Crippen LogP contribution >= 0.6 is 32.9 Å². The van der Waals surface area contributed by atoms with Crippen molar-refractivity contribution in [3.05, 3.63) is 0 Å². The molecule has 0 saturated carbocycles. The van der Waals surface area contributed by atoms with E-state index in [-0.39, 0.29) is 0 Å². The van der Waals surface area contributed by atoms with Gasteiger partial charge in [-0.15, -0.1) is 0 Å². The fourth-order valence-electron chi connectivity index (χ4n) is 1.72. The van der Waals surface area contributed by atoms with Gasteiger partial charge in [-0.05, 0) is 12.1 Å². The predicted molar refractivity (Wildman–Crippen MR) is 83.5 cm³/mol. The Bertz CT molecular complexity index is 140. The van der Waals surface area contributed by atoms with E-state index in [1.807, 2.05) is 0 Å². The molecule has 0 aliphatic carbocycles. The Morgan fingerprint density at radius 1 is 0.800 bits per heavy atom. The van der Waals surface area contributed by atoms with E-state index in [2.05, 4.69) is 35.6 Å². The number of hydrogen-bond donors (Lipinski definition) is 0. The van der Waals surface area contributed by atoms with Crippen LogP contribution in [-0.2, 0) is 0 Å². The van der Waals surface area contributed by atoms with Gasteiger partial charge >= 0.3 is 0 Å². The van der Waals surface area contributed by atoms with Crippen LogP contribution in [0.1, 0.15) is 65.2 Å². The van der Waals surface area contributed by atoms with Gasteiger partial charge in [0.1, 0.15) is 0 Å². The Balaban J connectivity index is 3.32. The molecule has 0 spiro atoms. The first-order valence-corrected chi connectivity index (χ1v) is 13.0. The second kappa shape index (κ2) is 10.4. The minimum Gasteiger partial charge on any atom is -0.153 e. The van der Waals surface area contributed by atoms with Crippen LogP contribution in [0.4, 0.5) is 0 Å². The van der Waals surface area contributed by atoms with Crippen molar-refractivity contribution in [2.75, 3.05) is 0 Å². The first kappa shape index (κ1) is 16.2. The molecule has 1 unspecified atom stereocenters. The zero-order chi connectivity index (χ0) is 11.6. The maximum absolute atomic E-state index is 6.58. The maximum atomic E-state index is 6.58. The molecule has 0 aromatic rings. The summed E-state index contributed by atoms with van der Waals surface area (Å²) in [7, 11) is 0. The Morgan fingerprint density at radius 2 is 1.27 bits per heavy atom. The molecule has 1 atom stereocenters. The molecular weight excluding hydrogens is 335 g/mol. The number of hydrogen-bond acceptors (Lipinski definition) is 0. The molecule has 0 heterocycles. The van der Waals surface area contributed by atoms with Crippen LogP contribution in [-0.4, -0.2) is 4.88 Å². The molecule has 0 aromatic carbocycles. The molecule has 0 amide bonds. The molecule has 92 valence electrons. The topological polar surface area (TPSA) is 0 Å². The molecule has 0 aliphatic heterocycles. The average molecular weight is 361 g/mol. The summed E-state index contributed by atoms with van der Waals surface area (Å²) in [5.74, 6) is 0. The Kier molecular flexibility index (Phi) is 11.3.